The first-order chi connectivity index (χ1) is 8.34. The van der Waals surface area contributed by atoms with Crippen molar-refractivity contribution < 1.29 is 4.79 Å². The first kappa shape index (κ1) is 10.7. The number of hydrogen-bond acceptors (Lipinski definition) is 3. The first-order valence-electron chi connectivity index (χ1n) is 5.80. The minimum Gasteiger partial charge on any atom is -0.312 e. The zero-order valence-electron chi connectivity index (χ0n) is 9.48. The number of fused-ring (bicyclic) bond motifs is 1. The van der Waals surface area contributed by atoms with Gasteiger partial charge in [-0.2, -0.15) is 0 Å². The van der Waals surface area contributed by atoms with Crippen molar-refractivity contribution in [2.75, 3.05) is 6.54 Å². The maximum Gasteiger partial charge on any atom is 0.236 e. The molecule has 0 spiro atoms. The summed E-state index contributed by atoms with van der Waals surface area (Å²) in [6.07, 6.45) is 3.36. The molecule has 1 aliphatic heterocycles. The molecule has 0 radical (unpaired) electrons. The molecule has 0 fully saturated rings. The highest BCUT2D eigenvalue weighted by atomic mass is 32.1. The predicted molar refractivity (Wildman–Crippen MR) is 68.5 cm³/mol. The third-order valence-corrected chi connectivity index (χ3v) is 3.99. The van der Waals surface area contributed by atoms with E-state index in [0.29, 0.717) is 6.42 Å². The lowest BCUT2D eigenvalue weighted by molar-refractivity contribution is 0.0911. The fourth-order valence-electron chi connectivity index (χ4n) is 2.26. The van der Waals surface area contributed by atoms with Crippen LogP contribution in [0.3, 0.4) is 0 Å². The Labute approximate surface area is 104 Å². The van der Waals surface area contributed by atoms with Crippen molar-refractivity contribution in [2.45, 2.75) is 19.4 Å². The Morgan fingerprint density at radius 2 is 2.41 bits per heavy atom. The normalized spacial score (nSPS) is 14.6. The zero-order valence-corrected chi connectivity index (χ0v) is 10.3. The predicted octanol–water partition coefficient (Wildman–Crippen LogP) is 2.08. The van der Waals surface area contributed by atoms with E-state index in [1.807, 2.05) is 34.3 Å². The number of aromatic nitrogens is 1. The van der Waals surface area contributed by atoms with Gasteiger partial charge in [-0.3, -0.25) is 9.36 Å². The molecule has 1 aliphatic rings. The van der Waals surface area contributed by atoms with Crippen molar-refractivity contribution in [3.05, 3.63) is 45.9 Å². The average Bonchev–Trinajstić information content (AvgIpc) is 2.96. The molecule has 2 aromatic heterocycles. The van der Waals surface area contributed by atoms with E-state index < -0.39 is 0 Å². The number of rotatable bonds is 2. The fraction of sp³-hybridized carbons (Fsp3) is 0.308. The van der Waals surface area contributed by atoms with Crippen LogP contribution in [0, 0.1) is 0 Å². The smallest absolute Gasteiger partial charge is 0.236 e. The summed E-state index contributed by atoms with van der Waals surface area (Å²) in [4.78, 5) is 13.3. The lowest BCUT2D eigenvalue weighted by atomic mass is 10.1. The van der Waals surface area contributed by atoms with Crippen LogP contribution >= 0.6 is 11.3 Å². The maximum atomic E-state index is 12.2. The van der Waals surface area contributed by atoms with E-state index in [1.54, 1.807) is 11.3 Å². The van der Waals surface area contributed by atoms with E-state index in [1.165, 1.54) is 11.3 Å². The summed E-state index contributed by atoms with van der Waals surface area (Å²) in [7, 11) is 0. The molecule has 88 valence electrons. The van der Waals surface area contributed by atoms with Gasteiger partial charge in [0.05, 0.1) is 6.42 Å². The van der Waals surface area contributed by atoms with Crippen LogP contribution in [0.5, 0.6) is 0 Å². The highest BCUT2D eigenvalue weighted by Crippen LogP contribution is 2.17. The standard InChI is InChI=1S/C13H14N2OS/c16-13(8-11-2-1-7-17-11)15-6-4-10-9-14-5-3-12(10)15/h1-2,4,6-7,14H,3,5,8-9H2. The van der Waals surface area contributed by atoms with E-state index in [4.69, 9.17) is 0 Å². The van der Waals surface area contributed by atoms with Crippen LogP contribution < -0.4 is 5.32 Å². The van der Waals surface area contributed by atoms with Crippen LogP contribution in [0.15, 0.2) is 29.8 Å². The summed E-state index contributed by atoms with van der Waals surface area (Å²) in [5, 5.41) is 5.33. The summed E-state index contributed by atoms with van der Waals surface area (Å²) < 4.78 is 1.83. The SMILES string of the molecule is O=C(Cc1cccs1)n1ccc2c1CCNC2. The summed E-state index contributed by atoms with van der Waals surface area (Å²) in [6.45, 7) is 1.85. The highest BCUT2D eigenvalue weighted by molar-refractivity contribution is 7.10. The van der Waals surface area contributed by atoms with Gasteiger partial charge in [0.2, 0.25) is 5.91 Å². The molecule has 0 aliphatic carbocycles. The molecule has 0 amide bonds. The van der Waals surface area contributed by atoms with Gasteiger partial charge in [0.15, 0.2) is 0 Å². The quantitative estimate of drug-likeness (QED) is 0.880. The molecule has 0 bridgehead atoms. The molecule has 1 N–H and O–H groups in total. The lowest BCUT2D eigenvalue weighted by Gasteiger charge is -2.15. The topological polar surface area (TPSA) is 34.0 Å². The van der Waals surface area contributed by atoms with Crippen molar-refractivity contribution in [3.63, 3.8) is 0 Å². The largest absolute Gasteiger partial charge is 0.312 e. The van der Waals surface area contributed by atoms with Gasteiger partial charge in [-0.1, -0.05) is 6.07 Å². The number of thiophene rings is 1. The van der Waals surface area contributed by atoms with E-state index >= 15 is 0 Å². The van der Waals surface area contributed by atoms with Gasteiger partial charge in [0.25, 0.3) is 0 Å². The number of carbonyl (C=O) groups is 1. The zero-order chi connectivity index (χ0) is 11.7. The van der Waals surface area contributed by atoms with Crippen molar-refractivity contribution in [1.82, 2.24) is 9.88 Å². The monoisotopic (exact) mass is 246 g/mol. The Kier molecular flexibility index (Phi) is 2.82. The second kappa shape index (κ2) is 4.47. The minimum absolute atomic E-state index is 0.176. The van der Waals surface area contributed by atoms with Crippen LogP contribution in [0.1, 0.15) is 20.9 Å². The van der Waals surface area contributed by atoms with E-state index in [0.717, 1.165) is 24.4 Å². The Bertz CT molecular complexity index is 528. The highest BCUT2D eigenvalue weighted by Gasteiger charge is 2.17. The molecule has 0 saturated carbocycles. The second-order valence-corrected chi connectivity index (χ2v) is 5.27. The lowest BCUT2D eigenvalue weighted by Crippen LogP contribution is -2.26. The summed E-state index contributed by atoms with van der Waals surface area (Å²) in [5.41, 5.74) is 2.45. The average molecular weight is 246 g/mol. The molecule has 3 rings (SSSR count). The van der Waals surface area contributed by atoms with Crippen molar-refractivity contribution >= 4 is 17.2 Å². The Morgan fingerprint density at radius 3 is 3.24 bits per heavy atom. The molecule has 0 unspecified atom stereocenters. The van der Waals surface area contributed by atoms with Gasteiger partial charge >= 0.3 is 0 Å². The van der Waals surface area contributed by atoms with Gasteiger partial charge < -0.3 is 5.32 Å². The molecule has 4 heteroatoms. The van der Waals surface area contributed by atoms with Crippen molar-refractivity contribution in [1.29, 1.82) is 0 Å². The van der Waals surface area contributed by atoms with E-state index in [-0.39, 0.29) is 5.91 Å². The molecule has 3 nitrogen and oxygen atoms in total. The molecule has 0 atom stereocenters. The molecule has 3 heterocycles. The first-order valence-corrected chi connectivity index (χ1v) is 6.68. The number of nitrogens with one attached hydrogen (secondary N) is 1. The number of carbonyl (C=O) groups excluding carboxylic acids is 1. The van der Waals surface area contributed by atoms with Crippen LogP contribution in [0.2, 0.25) is 0 Å². The molecule has 0 saturated heterocycles. The molecular weight excluding hydrogens is 232 g/mol. The Morgan fingerprint density at radius 1 is 1.47 bits per heavy atom. The summed E-state index contributed by atoms with van der Waals surface area (Å²) >= 11 is 1.64. The van der Waals surface area contributed by atoms with Crippen LogP contribution in [0.4, 0.5) is 0 Å². The summed E-state index contributed by atoms with van der Waals surface area (Å²) in [6, 6.07) is 6.05. The van der Waals surface area contributed by atoms with Crippen LogP contribution in [0.25, 0.3) is 0 Å². The van der Waals surface area contributed by atoms with Crippen molar-refractivity contribution in [3.8, 4) is 0 Å². The van der Waals surface area contributed by atoms with Crippen LogP contribution in [-0.2, 0) is 19.4 Å². The molecular formula is C13H14N2OS. The van der Waals surface area contributed by atoms with Crippen LogP contribution in [-0.4, -0.2) is 17.0 Å². The van der Waals surface area contributed by atoms with Gasteiger partial charge in [0.1, 0.15) is 0 Å². The molecule has 17 heavy (non-hydrogen) atoms. The molecule has 0 aromatic carbocycles. The third kappa shape index (κ3) is 2.06. The fourth-order valence-corrected chi connectivity index (χ4v) is 2.95. The Balaban J connectivity index is 1.84. The van der Waals surface area contributed by atoms with Gasteiger partial charge in [0, 0.05) is 36.3 Å². The van der Waals surface area contributed by atoms with E-state index in [9.17, 15) is 4.79 Å². The second-order valence-electron chi connectivity index (χ2n) is 4.23. The maximum absolute atomic E-state index is 12.2. The molecule has 2 aromatic rings. The van der Waals surface area contributed by atoms with E-state index in [2.05, 4.69) is 5.32 Å². The van der Waals surface area contributed by atoms with Gasteiger partial charge in [-0.25, -0.2) is 0 Å². The van der Waals surface area contributed by atoms with Gasteiger partial charge in [-0.05, 0) is 23.1 Å². The number of nitrogens with zero attached hydrogens (tertiary/aromatic N) is 1. The summed E-state index contributed by atoms with van der Waals surface area (Å²) in [5.74, 6) is 0.176. The Hall–Kier alpha value is -1.39. The van der Waals surface area contributed by atoms with Crippen molar-refractivity contribution in [2.24, 2.45) is 0 Å². The van der Waals surface area contributed by atoms with Gasteiger partial charge in [-0.15, -0.1) is 11.3 Å². The third-order valence-electron chi connectivity index (χ3n) is 3.11. The number of hydrogen-bond donors (Lipinski definition) is 1. The minimum atomic E-state index is 0.176.